The Morgan fingerprint density at radius 1 is 1.05 bits per heavy atom. The van der Waals surface area contributed by atoms with E-state index in [0.29, 0.717) is 0 Å². The molecule has 19 heavy (non-hydrogen) atoms. The summed E-state index contributed by atoms with van der Waals surface area (Å²) in [5.41, 5.74) is 1.13. The smallest absolute Gasteiger partial charge is 0.385 e. The molecule has 0 bridgehead atoms. The van der Waals surface area contributed by atoms with E-state index in [1.165, 1.54) is 0 Å². The summed E-state index contributed by atoms with van der Waals surface area (Å²) in [5.74, 6) is 0. The first-order valence-corrected chi connectivity index (χ1v) is 9.37. The molecule has 7 heteroatoms. The molecule has 0 heterocycles. The van der Waals surface area contributed by atoms with E-state index in [9.17, 15) is 0 Å². The normalized spacial score (nSPS) is 10.7. The minimum atomic E-state index is -2.40. The molecule has 0 aromatic heterocycles. The van der Waals surface area contributed by atoms with Crippen molar-refractivity contribution in [1.29, 1.82) is 0 Å². The van der Waals surface area contributed by atoms with Crippen molar-refractivity contribution in [2.24, 2.45) is 5.40 Å². The van der Waals surface area contributed by atoms with Crippen LogP contribution in [0.25, 0.3) is 0 Å². The van der Waals surface area contributed by atoms with Gasteiger partial charge in [-0.15, -0.1) is 0 Å². The van der Waals surface area contributed by atoms with Crippen molar-refractivity contribution in [3.05, 3.63) is 30.3 Å². The Morgan fingerprint density at radius 2 is 1.58 bits per heavy atom. The zero-order chi connectivity index (χ0) is 14.6. The Kier molecular flexibility index (Phi) is 10.7. The highest BCUT2D eigenvalue weighted by molar-refractivity contribution is 6.60. The van der Waals surface area contributed by atoms with Crippen LogP contribution in [0.15, 0.2) is 30.3 Å². The third-order valence-electron chi connectivity index (χ3n) is 2.70. The van der Waals surface area contributed by atoms with E-state index in [-0.39, 0.29) is 0 Å². The maximum Gasteiger partial charge on any atom is 0.500 e. The summed E-state index contributed by atoms with van der Waals surface area (Å²) in [6.07, 6.45) is 0.955. The third kappa shape index (κ3) is 6.85. The minimum absolute atomic E-state index is 0.806. The summed E-state index contributed by atoms with van der Waals surface area (Å²) in [6.45, 7) is 0.884. The number of hydrogen-bond acceptors (Lipinski definition) is 5. The molecule has 110 valence electrons. The van der Waals surface area contributed by atoms with E-state index in [2.05, 4.69) is 10.7 Å². The number of anilines is 1. The summed E-state index contributed by atoms with van der Waals surface area (Å²) in [5, 5.41) is 7.98. The van der Waals surface area contributed by atoms with Crippen LogP contribution in [0.3, 0.4) is 0 Å². The van der Waals surface area contributed by atoms with E-state index in [1.54, 1.807) is 21.3 Å². The molecule has 0 atom stereocenters. The molecule has 0 radical (unpaired) electrons. The SMILES string of the molecule is CO[Si](CCCNc1ccccc1)(OC)OC.N[SiH3]. The fourth-order valence-electron chi connectivity index (χ4n) is 1.65. The number of nitrogens with two attached hydrogens (primary N) is 1. The Bertz CT molecular complexity index is 303. The lowest BCUT2D eigenvalue weighted by Crippen LogP contribution is -2.42. The van der Waals surface area contributed by atoms with Gasteiger partial charge >= 0.3 is 8.80 Å². The molecule has 0 aliphatic rings. The molecule has 0 saturated heterocycles. The van der Waals surface area contributed by atoms with Crippen LogP contribution >= 0.6 is 0 Å². The molecule has 0 saturated carbocycles. The van der Waals surface area contributed by atoms with E-state index in [4.69, 9.17) is 13.3 Å². The monoisotopic (exact) mass is 302 g/mol. The van der Waals surface area contributed by atoms with Gasteiger partial charge in [0.2, 0.25) is 0 Å². The van der Waals surface area contributed by atoms with Crippen LogP contribution < -0.4 is 10.7 Å². The molecule has 0 amide bonds. The fourth-order valence-corrected chi connectivity index (χ4v) is 3.37. The predicted molar refractivity (Wildman–Crippen MR) is 85.3 cm³/mol. The van der Waals surface area contributed by atoms with Gasteiger partial charge in [-0.3, -0.25) is 0 Å². The lowest BCUT2D eigenvalue weighted by Gasteiger charge is -2.24. The van der Waals surface area contributed by atoms with Gasteiger partial charge in [-0.1, -0.05) is 18.2 Å². The third-order valence-corrected chi connectivity index (χ3v) is 5.53. The summed E-state index contributed by atoms with van der Waals surface area (Å²) in [4.78, 5) is 0. The van der Waals surface area contributed by atoms with Crippen LogP contribution in [-0.4, -0.2) is 47.1 Å². The van der Waals surface area contributed by atoms with E-state index >= 15 is 0 Å². The van der Waals surface area contributed by atoms with Gasteiger partial charge in [-0.05, 0) is 18.6 Å². The predicted octanol–water partition coefficient (Wildman–Crippen LogP) is 0.592. The van der Waals surface area contributed by atoms with Gasteiger partial charge < -0.3 is 24.0 Å². The van der Waals surface area contributed by atoms with Gasteiger partial charge in [-0.25, -0.2) is 0 Å². The first-order chi connectivity index (χ1) is 9.26. The lowest BCUT2D eigenvalue weighted by molar-refractivity contribution is 0.123. The number of para-hydroxylation sites is 1. The lowest BCUT2D eigenvalue weighted by atomic mass is 10.3. The summed E-state index contributed by atoms with van der Waals surface area (Å²) < 4.78 is 16.1. The molecular formula is C12H26N2O3Si2. The van der Waals surface area contributed by atoms with Crippen molar-refractivity contribution in [3.63, 3.8) is 0 Å². The van der Waals surface area contributed by atoms with Gasteiger partial charge in [0.05, 0.1) is 10.4 Å². The first kappa shape index (κ1) is 18.3. The van der Waals surface area contributed by atoms with Crippen LogP contribution in [0.4, 0.5) is 5.69 Å². The topological polar surface area (TPSA) is 65.7 Å². The first-order valence-electron chi connectivity index (χ1n) is 6.28. The Balaban J connectivity index is 0.00000154. The van der Waals surface area contributed by atoms with Gasteiger partial charge in [0.25, 0.3) is 0 Å². The molecule has 0 aliphatic carbocycles. The molecular weight excluding hydrogens is 276 g/mol. The molecule has 0 fully saturated rings. The fraction of sp³-hybridized carbons (Fsp3) is 0.500. The summed E-state index contributed by atoms with van der Waals surface area (Å²) >= 11 is 0. The second kappa shape index (κ2) is 11.1. The van der Waals surface area contributed by atoms with E-state index < -0.39 is 8.80 Å². The molecule has 1 aromatic rings. The number of rotatable bonds is 8. The second-order valence-electron chi connectivity index (χ2n) is 3.69. The van der Waals surface area contributed by atoms with Gasteiger partial charge in [0.1, 0.15) is 0 Å². The number of nitrogens with one attached hydrogen (secondary N) is 1. The second-order valence-corrected chi connectivity index (χ2v) is 6.78. The summed E-state index contributed by atoms with van der Waals surface area (Å²) in [7, 11) is 3.34. The van der Waals surface area contributed by atoms with Crippen molar-refractivity contribution in [2.45, 2.75) is 12.5 Å². The van der Waals surface area contributed by atoms with Crippen molar-refractivity contribution in [2.75, 3.05) is 33.2 Å². The van der Waals surface area contributed by atoms with Gasteiger partial charge in [-0.2, -0.15) is 0 Å². The Labute approximate surface area is 120 Å². The quantitative estimate of drug-likeness (QED) is 0.543. The zero-order valence-electron chi connectivity index (χ0n) is 12.3. The average molecular weight is 303 g/mol. The molecule has 3 N–H and O–H groups in total. The van der Waals surface area contributed by atoms with Crippen LogP contribution in [0.5, 0.6) is 0 Å². The standard InChI is InChI=1S/C12H21NO3Si.H5NSi/c1-14-17(15-2,16-3)11-7-10-13-12-8-5-4-6-9-12;1-2/h4-6,8-9,13H,7,10-11H2,1-3H3;1H2,2H3. The van der Waals surface area contributed by atoms with Gasteiger partial charge in [0, 0.05) is 39.6 Å². The molecule has 0 spiro atoms. The molecule has 1 aromatic carbocycles. The van der Waals surface area contributed by atoms with Crippen LogP contribution in [-0.2, 0) is 13.3 Å². The zero-order valence-corrected chi connectivity index (χ0v) is 15.3. The van der Waals surface area contributed by atoms with Crippen molar-refractivity contribution in [1.82, 2.24) is 0 Å². The summed E-state index contributed by atoms with van der Waals surface area (Å²) in [6, 6.07) is 10.9. The van der Waals surface area contributed by atoms with E-state index in [0.717, 1.165) is 35.1 Å². The molecule has 5 nitrogen and oxygen atoms in total. The highest BCUT2D eigenvalue weighted by atomic mass is 28.4. The molecule has 0 aliphatic heterocycles. The Morgan fingerprint density at radius 3 is 2.05 bits per heavy atom. The van der Waals surface area contributed by atoms with Crippen LogP contribution in [0, 0.1) is 0 Å². The van der Waals surface area contributed by atoms with Crippen molar-refractivity contribution < 1.29 is 13.3 Å². The maximum atomic E-state index is 5.36. The van der Waals surface area contributed by atoms with E-state index in [1.807, 2.05) is 30.3 Å². The van der Waals surface area contributed by atoms with Crippen LogP contribution in [0.1, 0.15) is 6.42 Å². The number of hydrogen-bond donors (Lipinski definition) is 2. The highest BCUT2D eigenvalue weighted by Crippen LogP contribution is 2.15. The minimum Gasteiger partial charge on any atom is -0.385 e. The number of benzene rings is 1. The molecule has 1 rings (SSSR count). The van der Waals surface area contributed by atoms with Gasteiger partial charge in [0.15, 0.2) is 0 Å². The highest BCUT2D eigenvalue weighted by Gasteiger charge is 2.36. The van der Waals surface area contributed by atoms with Crippen molar-refractivity contribution >= 4 is 24.9 Å². The van der Waals surface area contributed by atoms with Crippen LogP contribution in [0.2, 0.25) is 6.04 Å². The Hall–Kier alpha value is -0.706. The average Bonchev–Trinajstić information content (AvgIpc) is 2.51. The molecule has 0 unspecified atom stereocenters. The maximum absolute atomic E-state index is 5.36. The van der Waals surface area contributed by atoms with Crippen molar-refractivity contribution in [3.8, 4) is 0 Å². The largest absolute Gasteiger partial charge is 0.500 e.